The van der Waals surface area contributed by atoms with Crippen LogP contribution < -0.4 is 10.2 Å². The molecule has 1 saturated heterocycles. The Hall–Kier alpha value is -1.91. The smallest absolute Gasteiger partial charge is 0.250 e. The van der Waals surface area contributed by atoms with Gasteiger partial charge in [0.2, 0.25) is 11.8 Å². The van der Waals surface area contributed by atoms with Gasteiger partial charge < -0.3 is 5.32 Å². The average molecular weight is 292 g/mol. The zero-order chi connectivity index (χ0) is 15.7. The molecule has 2 unspecified atom stereocenters. The fourth-order valence-corrected chi connectivity index (χ4v) is 2.78. The van der Waals surface area contributed by atoms with Crippen LogP contribution in [0.5, 0.6) is 0 Å². The Kier molecular flexibility index (Phi) is 4.30. The van der Waals surface area contributed by atoms with Crippen LogP contribution in [-0.4, -0.2) is 23.9 Å². The number of carbonyl (C=O) groups is 2. The molecule has 1 aliphatic heterocycles. The van der Waals surface area contributed by atoms with E-state index in [9.17, 15) is 14.0 Å². The van der Waals surface area contributed by atoms with Gasteiger partial charge in [0.1, 0.15) is 17.9 Å². The molecule has 1 aromatic rings. The SMILES string of the molecule is CCC1NC(=O)C(C(C)C)N(c2ccc(F)cc2C)C1=O. The minimum absolute atomic E-state index is 0.0313. The van der Waals surface area contributed by atoms with Crippen molar-refractivity contribution in [2.24, 2.45) is 5.92 Å². The molecule has 0 aromatic heterocycles. The number of benzene rings is 1. The van der Waals surface area contributed by atoms with E-state index < -0.39 is 12.1 Å². The van der Waals surface area contributed by atoms with Gasteiger partial charge in [0.25, 0.3) is 0 Å². The highest BCUT2D eigenvalue weighted by Gasteiger charge is 2.42. The van der Waals surface area contributed by atoms with E-state index >= 15 is 0 Å². The lowest BCUT2D eigenvalue weighted by molar-refractivity contribution is -0.134. The molecular formula is C16H21FN2O2. The second kappa shape index (κ2) is 5.84. The van der Waals surface area contributed by atoms with Crippen LogP contribution in [0.4, 0.5) is 10.1 Å². The van der Waals surface area contributed by atoms with Gasteiger partial charge in [0, 0.05) is 5.69 Å². The van der Waals surface area contributed by atoms with E-state index in [1.54, 1.807) is 13.0 Å². The highest BCUT2D eigenvalue weighted by Crippen LogP contribution is 2.29. The normalized spacial score (nSPS) is 22.7. The summed E-state index contributed by atoms with van der Waals surface area (Å²) in [7, 11) is 0. The molecule has 1 aromatic carbocycles. The fourth-order valence-electron chi connectivity index (χ4n) is 2.78. The maximum absolute atomic E-state index is 13.3. The maximum Gasteiger partial charge on any atom is 0.250 e. The van der Waals surface area contributed by atoms with Gasteiger partial charge in [-0.2, -0.15) is 0 Å². The molecule has 0 radical (unpaired) electrons. The lowest BCUT2D eigenvalue weighted by Gasteiger charge is -2.41. The summed E-state index contributed by atoms with van der Waals surface area (Å²) >= 11 is 0. The molecule has 2 rings (SSSR count). The van der Waals surface area contributed by atoms with Gasteiger partial charge in [-0.3, -0.25) is 14.5 Å². The van der Waals surface area contributed by atoms with Crippen molar-refractivity contribution >= 4 is 17.5 Å². The standard InChI is InChI=1S/C16H21FN2O2/c1-5-12-16(21)19(14(9(2)3)15(20)18-12)13-7-6-11(17)8-10(13)4/h6-9,12,14H,5H2,1-4H3,(H,18,20). The second-order valence-electron chi connectivity index (χ2n) is 5.80. The monoisotopic (exact) mass is 292 g/mol. The maximum atomic E-state index is 13.3. The van der Waals surface area contributed by atoms with E-state index in [1.165, 1.54) is 17.0 Å². The first-order valence-corrected chi connectivity index (χ1v) is 7.26. The molecule has 0 spiro atoms. The third-order valence-electron chi connectivity index (χ3n) is 3.86. The van der Waals surface area contributed by atoms with Crippen molar-refractivity contribution in [1.29, 1.82) is 0 Å². The van der Waals surface area contributed by atoms with Crippen molar-refractivity contribution in [3.63, 3.8) is 0 Å². The second-order valence-corrected chi connectivity index (χ2v) is 5.80. The number of hydrogen-bond acceptors (Lipinski definition) is 2. The number of nitrogens with zero attached hydrogens (tertiary/aromatic N) is 1. The number of anilines is 1. The van der Waals surface area contributed by atoms with Crippen LogP contribution in [0.15, 0.2) is 18.2 Å². The highest BCUT2D eigenvalue weighted by molar-refractivity contribution is 6.08. The number of aryl methyl sites for hydroxylation is 1. The van der Waals surface area contributed by atoms with Crippen LogP contribution in [0.2, 0.25) is 0 Å². The zero-order valence-corrected chi connectivity index (χ0v) is 12.8. The Bertz CT molecular complexity index is 571. The number of carbonyl (C=O) groups excluding carboxylic acids is 2. The quantitative estimate of drug-likeness (QED) is 0.930. The molecule has 1 N–H and O–H groups in total. The molecule has 1 heterocycles. The predicted octanol–water partition coefficient (Wildman–Crippen LogP) is 2.40. The van der Waals surface area contributed by atoms with E-state index in [-0.39, 0.29) is 23.5 Å². The van der Waals surface area contributed by atoms with E-state index in [1.807, 2.05) is 20.8 Å². The number of amides is 2. The van der Waals surface area contributed by atoms with E-state index in [0.29, 0.717) is 17.7 Å². The first-order chi connectivity index (χ1) is 9.86. The predicted molar refractivity (Wildman–Crippen MR) is 79.5 cm³/mol. The molecule has 114 valence electrons. The lowest BCUT2D eigenvalue weighted by Crippen LogP contribution is -2.65. The molecule has 4 nitrogen and oxygen atoms in total. The van der Waals surface area contributed by atoms with Gasteiger partial charge in [-0.1, -0.05) is 20.8 Å². The van der Waals surface area contributed by atoms with Gasteiger partial charge in [-0.15, -0.1) is 0 Å². The zero-order valence-electron chi connectivity index (χ0n) is 12.8. The van der Waals surface area contributed by atoms with Crippen LogP contribution in [0, 0.1) is 18.7 Å². The first kappa shape index (κ1) is 15.5. The van der Waals surface area contributed by atoms with Crippen molar-refractivity contribution in [2.45, 2.75) is 46.2 Å². The molecule has 0 saturated carbocycles. The Labute approximate surface area is 124 Å². The molecule has 2 atom stereocenters. The van der Waals surface area contributed by atoms with Gasteiger partial charge in [-0.05, 0) is 43.0 Å². The van der Waals surface area contributed by atoms with Crippen molar-refractivity contribution in [1.82, 2.24) is 5.32 Å². The van der Waals surface area contributed by atoms with Gasteiger partial charge in [0.05, 0.1) is 0 Å². The van der Waals surface area contributed by atoms with Crippen molar-refractivity contribution in [3.05, 3.63) is 29.6 Å². The minimum atomic E-state index is -0.565. The molecule has 1 fully saturated rings. The van der Waals surface area contributed by atoms with E-state index in [0.717, 1.165) is 0 Å². The Balaban J connectivity index is 2.52. The van der Waals surface area contributed by atoms with Crippen LogP contribution in [0.25, 0.3) is 0 Å². The summed E-state index contributed by atoms with van der Waals surface area (Å²) in [5.41, 5.74) is 1.26. The van der Waals surface area contributed by atoms with Crippen LogP contribution in [-0.2, 0) is 9.59 Å². The summed E-state index contributed by atoms with van der Waals surface area (Å²) in [5, 5.41) is 2.77. The average Bonchev–Trinajstić information content (AvgIpc) is 2.40. The third kappa shape index (κ3) is 2.77. The first-order valence-electron chi connectivity index (χ1n) is 7.26. The van der Waals surface area contributed by atoms with Crippen LogP contribution in [0.3, 0.4) is 0 Å². The van der Waals surface area contributed by atoms with Gasteiger partial charge in [-0.25, -0.2) is 4.39 Å². The molecule has 5 heteroatoms. The number of rotatable bonds is 3. The number of piperazine rings is 1. The number of halogens is 1. The summed E-state index contributed by atoms with van der Waals surface area (Å²) < 4.78 is 13.3. The number of hydrogen-bond donors (Lipinski definition) is 1. The highest BCUT2D eigenvalue weighted by atomic mass is 19.1. The van der Waals surface area contributed by atoms with Gasteiger partial charge in [0.15, 0.2) is 0 Å². The molecular weight excluding hydrogens is 271 g/mol. The van der Waals surface area contributed by atoms with Gasteiger partial charge >= 0.3 is 0 Å². The molecule has 2 amide bonds. The Morgan fingerprint density at radius 3 is 2.52 bits per heavy atom. The summed E-state index contributed by atoms with van der Waals surface area (Å²) in [4.78, 5) is 26.5. The topological polar surface area (TPSA) is 49.4 Å². The summed E-state index contributed by atoms with van der Waals surface area (Å²) in [6.07, 6.45) is 0.534. The Morgan fingerprint density at radius 2 is 2.00 bits per heavy atom. The van der Waals surface area contributed by atoms with Crippen molar-refractivity contribution in [2.75, 3.05) is 4.90 Å². The third-order valence-corrected chi connectivity index (χ3v) is 3.86. The molecule has 1 aliphatic rings. The summed E-state index contributed by atoms with van der Waals surface area (Å²) in [6, 6.07) is 3.19. The summed E-state index contributed by atoms with van der Waals surface area (Å²) in [5.74, 6) is -0.666. The van der Waals surface area contributed by atoms with Crippen molar-refractivity contribution < 1.29 is 14.0 Å². The minimum Gasteiger partial charge on any atom is -0.342 e. The van der Waals surface area contributed by atoms with E-state index in [4.69, 9.17) is 0 Å². The molecule has 0 aliphatic carbocycles. The molecule has 21 heavy (non-hydrogen) atoms. The van der Waals surface area contributed by atoms with Crippen LogP contribution >= 0.6 is 0 Å². The summed E-state index contributed by atoms with van der Waals surface area (Å²) in [6.45, 7) is 7.40. The van der Waals surface area contributed by atoms with Crippen LogP contribution in [0.1, 0.15) is 32.8 Å². The van der Waals surface area contributed by atoms with Crippen molar-refractivity contribution in [3.8, 4) is 0 Å². The largest absolute Gasteiger partial charge is 0.342 e. The number of nitrogens with one attached hydrogen (secondary N) is 1. The Morgan fingerprint density at radius 1 is 1.33 bits per heavy atom. The fraction of sp³-hybridized carbons (Fsp3) is 0.500. The molecule has 0 bridgehead atoms. The lowest BCUT2D eigenvalue weighted by atomic mass is 9.94. The van der Waals surface area contributed by atoms with E-state index in [2.05, 4.69) is 5.32 Å².